The van der Waals surface area contributed by atoms with E-state index in [0.29, 0.717) is 5.92 Å². The molecule has 20 heavy (non-hydrogen) atoms. The number of amides is 1. The molecule has 1 amide bonds. The van der Waals surface area contributed by atoms with Crippen molar-refractivity contribution < 1.29 is 4.79 Å². The highest BCUT2D eigenvalue weighted by atomic mass is 35.5. The highest BCUT2D eigenvalue weighted by molar-refractivity contribution is 6.30. The molecule has 2 fully saturated rings. The molecule has 2 aliphatic rings. The van der Waals surface area contributed by atoms with Gasteiger partial charge in [-0.1, -0.05) is 43.0 Å². The highest BCUT2D eigenvalue weighted by Crippen LogP contribution is 2.57. The molecule has 3 heteroatoms. The largest absolute Gasteiger partial charge is 0.369 e. The van der Waals surface area contributed by atoms with Crippen LogP contribution in [0.25, 0.3) is 0 Å². The lowest BCUT2D eigenvalue weighted by molar-refractivity contribution is -0.135. The molecule has 0 bridgehead atoms. The fraction of sp³-hybridized carbons (Fsp3) is 0.588. The van der Waals surface area contributed by atoms with Crippen LogP contribution in [0.4, 0.5) is 0 Å². The molecule has 0 aliphatic heterocycles. The number of carbonyl (C=O) groups is 1. The van der Waals surface area contributed by atoms with Gasteiger partial charge in [0.2, 0.25) is 5.91 Å². The molecule has 3 rings (SSSR count). The number of halogens is 1. The van der Waals surface area contributed by atoms with E-state index in [4.69, 9.17) is 17.3 Å². The van der Waals surface area contributed by atoms with Crippen molar-refractivity contribution in [3.8, 4) is 0 Å². The lowest BCUT2D eigenvalue weighted by Gasteiger charge is -2.48. The first-order valence-electron chi connectivity index (χ1n) is 7.69. The molecule has 2 saturated carbocycles. The number of rotatable bonds is 4. The zero-order chi connectivity index (χ0) is 14.2. The molecule has 1 atom stereocenters. The van der Waals surface area contributed by atoms with Crippen LogP contribution in [-0.4, -0.2) is 5.91 Å². The second-order valence-corrected chi connectivity index (χ2v) is 6.89. The Hall–Kier alpha value is -1.02. The number of primary amides is 1. The minimum atomic E-state index is -0.320. The summed E-state index contributed by atoms with van der Waals surface area (Å²) < 4.78 is 0. The van der Waals surface area contributed by atoms with Crippen molar-refractivity contribution in [1.29, 1.82) is 0 Å². The molecule has 0 heterocycles. The molecular formula is C17H22ClNO. The number of benzene rings is 1. The smallest absolute Gasteiger partial charge is 0.224 e. The first-order valence-corrected chi connectivity index (χ1v) is 8.07. The van der Waals surface area contributed by atoms with Gasteiger partial charge in [0.05, 0.1) is 5.41 Å². The van der Waals surface area contributed by atoms with Gasteiger partial charge in [-0.3, -0.25) is 4.79 Å². The van der Waals surface area contributed by atoms with Crippen molar-refractivity contribution in [2.75, 3.05) is 0 Å². The van der Waals surface area contributed by atoms with Crippen LogP contribution in [0.1, 0.15) is 56.4 Å². The fourth-order valence-electron chi connectivity index (χ4n) is 4.30. The van der Waals surface area contributed by atoms with E-state index < -0.39 is 0 Å². The Labute approximate surface area is 125 Å². The summed E-state index contributed by atoms with van der Waals surface area (Å²) in [7, 11) is 0. The number of carbonyl (C=O) groups excluding carboxylic acids is 1. The van der Waals surface area contributed by atoms with Gasteiger partial charge in [0.1, 0.15) is 0 Å². The lowest BCUT2D eigenvalue weighted by atomic mass is 9.55. The third kappa shape index (κ3) is 2.24. The molecule has 1 aromatic rings. The molecule has 0 aromatic heterocycles. The van der Waals surface area contributed by atoms with E-state index in [-0.39, 0.29) is 17.2 Å². The van der Waals surface area contributed by atoms with E-state index >= 15 is 0 Å². The van der Waals surface area contributed by atoms with Gasteiger partial charge in [0.15, 0.2) is 0 Å². The van der Waals surface area contributed by atoms with Crippen LogP contribution in [0.15, 0.2) is 24.3 Å². The topological polar surface area (TPSA) is 43.1 Å². The van der Waals surface area contributed by atoms with Gasteiger partial charge in [0, 0.05) is 10.9 Å². The lowest BCUT2D eigenvalue weighted by Crippen LogP contribution is -2.49. The molecule has 1 aromatic carbocycles. The monoisotopic (exact) mass is 291 g/mol. The average molecular weight is 292 g/mol. The normalized spacial score (nSPS) is 23.2. The minimum Gasteiger partial charge on any atom is -0.369 e. The maximum atomic E-state index is 12.1. The van der Waals surface area contributed by atoms with Crippen molar-refractivity contribution in [1.82, 2.24) is 0 Å². The van der Waals surface area contributed by atoms with Crippen LogP contribution >= 0.6 is 11.6 Å². The number of nitrogens with two attached hydrogens (primary N) is 1. The summed E-state index contributed by atoms with van der Waals surface area (Å²) >= 11 is 6.17. The van der Waals surface area contributed by atoms with Gasteiger partial charge in [-0.05, 0) is 49.3 Å². The molecule has 0 saturated heterocycles. The Morgan fingerprint density at radius 1 is 1.25 bits per heavy atom. The SMILES string of the molecule is NC(=O)C1([C@@H](c2cccc(Cl)c2)C2CCCC2)CCC1. The van der Waals surface area contributed by atoms with Crippen molar-refractivity contribution in [2.45, 2.75) is 50.9 Å². The summed E-state index contributed by atoms with van der Waals surface area (Å²) in [5.74, 6) is 0.733. The Morgan fingerprint density at radius 3 is 2.45 bits per heavy atom. The first kappa shape index (κ1) is 13.9. The number of hydrogen-bond acceptors (Lipinski definition) is 1. The molecule has 0 spiro atoms. The molecule has 2 N–H and O–H groups in total. The third-order valence-corrected chi connectivity index (χ3v) is 5.65. The second kappa shape index (κ2) is 5.40. The Kier molecular flexibility index (Phi) is 3.76. The maximum Gasteiger partial charge on any atom is 0.224 e. The van der Waals surface area contributed by atoms with Gasteiger partial charge in [-0.2, -0.15) is 0 Å². The molecular weight excluding hydrogens is 270 g/mol. The van der Waals surface area contributed by atoms with E-state index in [1.165, 1.54) is 31.2 Å². The molecule has 2 aliphatic carbocycles. The highest BCUT2D eigenvalue weighted by Gasteiger charge is 2.52. The Morgan fingerprint density at radius 2 is 1.95 bits per heavy atom. The van der Waals surface area contributed by atoms with Crippen molar-refractivity contribution in [3.05, 3.63) is 34.9 Å². The quantitative estimate of drug-likeness (QED) is 0.884. The van der Waals surface area contributed by atoms with Gasteiger partial charge in [-0.25, -0.2) is 0 Å². The van der Waals surface area contributed by atoms with E-state index in [9.17, 15) is 4.79 Å². The standard InChI is InChI=1S/C17H22ClNO/c18-14-8-3-7-13(11-14)15(12-5-1-2-6-12)17(16(19)20)9-4-10-17/h3,7-8,11-12,15H,1-2,4-6,9-10H2,(H2,19,20)/t15-/m1/s1. The molecule has 2 nitrogen and oxygen atoms in total. The van der Waals surface area contributed by atoms with Gasteiger partial charge in [0.25, 0.3) is 0 Å². The van der Waals surface area contributed by atoms with Crippen LogP contribution < -0.4 is 5.73 Å². The van der Waals surface area contributed by atoms with Crippen LogP contribution in [0.2, 0.25) is 5.02 Å². The van der Waals surface area contributed by atoms with Crippen LogP contribution in [0, 0.1) is 11.3 Å². The van der Waals surface area contributed by atoms with E-state index in [2.05, 4.69) is 6.07 Å². The van der Waals surface area contributed by atoms with Crippen molar-refractivity contribution >= 4 is 17.5 Å². The summed E-state index contributed by atoms with van der Waals surface area (Å²) in [5, 5.41) is 0.754. The van der Waals surface area contributed by atoms with Gasteiger partial charge >= 0.3 is 0 Å². The fourth-order valence-corrected chi connectivity index (χ4v) is 4.50. The molecule has 108 valence electrons. The second-order valence-electron chi connectivity index (χ2n) is 6.45. The predicted octanol–water partition coefficient (Wildman–Crippen LogP) is 4.27. The van der Waals surface area contributed by atoms with Crippen LogP contribution in [-0.2, 0) is 4.79 Å². The summed E-state index contributed by atoms with van der Waals surface area (Å²) in [6.45, 7) is 0. The summed E-state index contributed by atoms with van der Waals surface area (Å²) in [5.41, 5.74) is 6.70. The van der Waals surface area contributed by atoms with Crippen molar-refractivity contribution in [2.24, 2.45) is 17.1 Å². The third-order valence-electron chi connectivity index (χ3n) is 5.41. The molecule has 0 unspecified atom stereocenters. The van der Waals surface area contributed by atoms with Crippen LogP contribution in [0.3, 0.4) is 0 Å². The Balaban J connectivity index is 2.01. The van der Waals surface area contributed by atoms with Crippen LogP contribution in [0.5, 0.6) is 0 Å². The average Bonchev–Trinajstić information content (AvgIpc) is 2.86. The number of hydrogen-bond donors (Lipinski definition) is 1. The summed E-state index contributed by atoms with van der Waals surface area (Å²) in [4.78, 5) is 12.1. The minimum absolute atomic E-state index is 0.111. The predicted molar refractivity (Wildman–Crippen MR) is 81.6 cm³/mol. The zero-order valence-electron chi connectivity index (χ0n) is 11.8. The van der Waals surface area contributed by atoms with E-state index in [0.717, 1.165) is 24.3 Å². The van der Waals surface area contributed by atoms with E-state index in [1.54, 1.807) is 0 Å². The van der Waals surface area contributed by atoms with Gasteiger partial charge < -0.3 is 5.73 Å². The molecule has 0 radical (unpaired) electrons. The van der Waals surface area contributed by atoms with Gasteiger partial charge in [-0.15, -0.1) is 0 Å². The van der Waals surface area contributed by atoms with Crippen molar-refractivity contribution in [3.63, 3.8) is 0 Å². The zero-order valence-corrected chi connectivity index (χ0v) is 12.5. The summed E-state index contributed by atoms with van der Waals surface area (Å²) in [6, 6.07) is 8.05. The first-order chi connectivity index (χ1) is 9.63. The Bertz CT molecular complexity index is 503. The maximum absolute atomic E-state index is 12.1. The van der Waals surface area contributed by atoms with E-state index in [1.807, 2.05) is 18.2 Å². The summed E-state index contributed by atoms with van der Waals surface area (Å²) in [6.07, 6.45) is 7.98.